The number of hydrogen-bond acceptors (Lipinski definition) is 4. The molecule has 1 aromatic carbocycles. The second-order valence-electron chi connectivity index (χ2n) is 4.76. The number of carbonyl (C=O) groups excluding carboxylic acids is 1. The monoisotopic (exact) mass is 336 g/mol. The van der Waals surface area contributed by atoms with Crippen LogP contribution in [0.5, 0.6) is 0 Å². The van der Waals surface area contributed by atoms with Crippen molar-refractivity contribution in [1.29, 1.82) is 0 Å². The fourth-order valence-electron chi connectivity index (χ4n) is 2.09. The van der Waals surface area contributed by atoms with Gasteiger partial charge in [-0.25, -0.2) is 0 Å². The van der Waals surface area contributed by atoms with E-state index in [-0.39, 0.29) is 5.75 Å². The maximum Gasteiger partial charge on any atom is 0.416 e. The van der Waals surface area contributed by atoms with Crippen LogP contribution in [0.3, 0.4) is 0 Å². The second kappa shape index (κ2) is 6.03. The van der Waals surface area contributed by atoms with Gasteiger partial charge in [0.05, 0.1) is 10.5 Å². The molecular formula is C12H11F3N2O4S. The molecule has 1 fully saturated rings. The van der Waals surface area contributed by atoms with E-state index < -0.39 is 50.7 Å². The molecule has 0 aliphatic carbocycles. The van der Waals surface area contributed by atoms with Gasteiger partial charge < -0.3 is 5.32 Å². The second-order valence-corrected chi connectivity index (χ2v) is 6.38. The van der Waals surface area contributed by atoms with Crippen LogP contribution in [0.4, 0.5) is 18.9 Å². The van der Waals surface area contributed by atoms with Crippen molar-refractivity contribution in [2.24, 2.45) is 0 Å². The summed E-state index contributed by atoms with van der Waals surface area (Å²) in [6, 6.07) is 1.34. The maximum atomic E-state index is 12.6. The molecule has 1 amide bonds. The third-order valence-corrected chi connectivity index (χ3v) is 4.65. The van der Waals surface area contributed by atoms with Gasteiger partial charge in [0, 0.05) is 34.4 Å². The molecule has 1 aliphatic rings. The van der Waals surface area contributed by atoms with E-state index >= 15 is 0 Å². The van der Waals surface area contributed by atoms with Gasteiger partial charge in [0.1, 0.15) is 5.56 Å². The minimum Gasteiger partial charge on any atom is -0.348 e. The van der Waals surface area contributed by atoms with E-state index in [1.807, 2.05) is 0 Å². The molecule has 2 rings (SSSR count). The standard InChI is InChI=1S/C12H11F3N2O4S/c13-12(14,15)7-1-2-9(10(5-7)17(19)20)11(18)16-8-3-4-22(21)6-8/h1-2,5,8H,3-4,6H2,(H,16,18)/t8-,22+/m1/s1. The first-order chi connectivity index (χ1) is 10.2. The lowest BCUT2D eigenvalue weighted by Crippen LogP contribution is -2.35. The van der Waals surface area contributed by atoms with Crippen molar-refractivity contribution >= 4 is 22.4 Å². The van der Waals surface area contributed by atoms with Gasteiger partial charge in [0.15, 0.2) is 0 Å². The molecule has 120 valence electrons. The zero-order valence-electron chi connectivity index (χ0n) is 11.1. The van der Waals surface area contributed by atoms with E-state index in [1.54, 1.807) is 0 Å². The number of hydrogen-bond donors (Lipinski definition) is 1. The highest BCUT2D eigenvalue weighted by atomic mass is 32.2. The van der Waals surface area contributed by atoms with Crippen molar-refractivity contribution in [3.8, 4) is 0 Å². The quantitative estimate of drug-likeness (QED) is 0.674. The topological polar surface area (TPSA) is 89.3 Å². The van der Waals surface area contributed by atoms with Crippen LogP contribution in [0, 0.1) is 10.1 Å². The van der Waals surface area contributed by atoms with Gasteiger partial charge in [-0.2, -0.15) is 13.2 Å². The van der Waals surface area contributed by atoms with Crippen LogP contribution in [0.25, 0.3) is 0 Å². The van der Waals surface area contributed by atoms with Crippen LogP contribution in [0.15, 0.2) is 18.2 Å². The summed E-state index contributed by atoms with van der Waals surface area (Å²) in [7, 11) is -1.05. The average molecular weight is 336 g/mol. The van der Waals surface area contributed by atoms with Crippen molar-refractivity contribution in [1.82, 2.24) is 5.32 Å². The molecular weight excluding hydrogens is 325 g/mol. The van der Waals surface area contributed by atoms with Gasteiger partial charge in [-0.15, -0.1) is 0 Å². The molecule has 1 saturated heterocycles. The largest absolute Gasteiger partial charge is 0.416 e. The summed E-state index contributed by atoms with van der Waals surface area (Å²) < 4.78 is 49.0. The summed E-state index contributed by atoms with van der Waals surface area (Å²) in [4.78, 5) is 21.9. The van der Waals surface area contributed by atoms with Crippen molar-refractivity contribution in [3.63, 3.8) is 0 Å². The number of rotatable bonds is 3. The van der Waals surface area contributed by atoms with Crippen molar-refractivity contribution in [2.75, 3.05) is 11.5 Å². The number of nitrogens with zero attached hydrogens (tertiary/aromatic N) is 1. The highest BCUT2D eigenvalue weighted by Gasteiger charge is 2.34. The number of nitro benzene ring substituents is 1. The molecule has 1 heterocycles. The van der Waals surface area contributed by atoms with Crippen LogP contribution in [0.1, 0.15) is 22.3 Å². The lowest BCUT2D eigenvalue weighted by atomic mass is 10.1. The van der Waals surface area contributed by atoms with Crippen LogP contribution >= 0.6 is 0 Å². The molecule has 0 saturated carbocycles. The van der Waals surface area contributed by atoms with Crippen molar-refractivity contribution in [3.05, 3.63) is 39.4 Å². The van der Waals surface area contributed by atoms with E-state index in [0.29, 0.717) is 24.3 Å². The van der Waals surface area contributed by atoms with Crippen molar-refractivity contribution in [2.45, 2.75) is 18.6 Å². The predicted octanol–water partition coefficient (Wildman–Crippen LogP) is 1.86. The Bertz CT molecular complexity index is 648. The summed E-state index contributed by atoms with van der Waals surface area (Å²) in [6.45, 7) is 0. The number of alkyl halides is 3. The molecule has 22 heavy (non-hydrogen) atoms. The van der Waals surface area contributed by atoms with Gasteiger partial charge in [-0.3, -0.25) is 19.1 Å². The Labute approximate surface area is 125 Å². The van der Waals surface area contributed by atoms with E-state index in [4.69, 9.17) is 0 Å². The third-order valence-electron chi connectivity index (χ3n) is 3.18. The predicted molar refractivity (Wildman–Crippen MR) is 71.8 cm³/mol. The lowest BCUT2D eigenvalue weighted by molar-refractivity contribution is -0.385. The SMILES string of the molecule is O=C(N[C@@H]1CC[S@](=O)C1)c1ccc(C(F)(F)F)cc1[N+](=O)[O-]. The van der Waals surface area contributed by atoms with Gasteiger partial charge in [0.2, 0.25) is 0 Å². The first-order valence-electron chi connectivity index (χ1n) is 6.20. The smallest absolute Gasteiger partial charge is 0.348 e. The minimum atomic E-state index is -4.73. The van der Waals surface area contributed by atoms with Gasteiger partial charge >= 0.3 is 6.18 Å². The maximum absolute atomic E-state index is 12.6. The van der Waals surface area contributed by atoms with E-state index in [0.717, 1.165) is 6.07 Å². The number of nitro groups is 1. The average Bonchev–Trinajstić information content (AvgIpc) is 2.82. The number of halogens is 3. The van der Waals surface area contributed by atoms with Crippen LogP contribution < -0.4 is 5.32 Å². The molecule has 0 radical (unpaired) electrons. The van der Waals surface area contributed by atoms with Gasteiger partial charge in [-0.05, 0) is 18.6 Å². The summed E-state index contributed by atoms with van der Waals surface area (Å²) in [6.07, 6.45) is -4.27. The minimum absolute atomic E-state index is 0.236. The van der Waals surface area contributed by atoms with Crippen LogP contribution in [-0.2, 0) is 17.0 Å². The Hall–Kier alpha value is -1.97. The number of nitrogens with one attached hydrogen (secondary N) is 1. The summed E-state index contributed by atoms with van der Waals surface area (Å²) in [5, 5.41) is 13.4. The number of amides is 1. The summed E-state index contributed by atoms with van der Waals surface area (Å²) in [5.74, 6) is -0.190. The fraction of sp³-hybridized carbons (Fsp3) is 0.417. The molecule has 1 aromatic rings. The first-order valence-corrected chi connectivity index (χ1v) is 7.69. The van der Waals surface area contributed by atoms with E-state index in [2.05, 4.69) is 5.32 Å². The molecule has 2 atom stereocenters. The van der Waals surface area contributed by atoms with E-state index in [1.165, 1.54) is 0 Å². The van der Waals surface area contributed by atoms with Gasteiger partial charge in [0.25, 0.3) is 11.6 Å². The Morgan fingerprint density at radius 3 is 2.59 bits per heavy atom. The molecule has 0 aromatic heterocycles. The lowest BCUT2D eigenvalue weighted by Gasteiger charge is -2.12. The Morgan fingerprint density at radius 1 is 1.41 bits per heavy atom. The van der Waals surface area contributed by atoms with Crippen LogP contribution in [-0.4, -0.2) is 32.6 Å². The van der Waals surface area contributed by atoms with E-state index in [9.17, 15) is 32.3 Å². The highest BCUT2D eigenvalue weighted by Crippen LogP contribution is 2.33. The molecule has 10 heteroatoms. The zero-order chi connectivity index (χ0) is 16.5. The zero-order valence-corrected chi connectivity index (χ0v) is 11.9. The number of carbonyl (C=O) groups is 1. The Kier molecular flexibility index (Phi) is 4.50. The molecule has 1 N–H and O–H groups in total. The third kappa shape index (κ3) is 3.62. The molecule has 0 unspecified atom stereocenters. The van der Waals surface area contributed by atoms with Crippen LogP contribution in [0.2, 0.25) is 0 Å². The Morgan fingerprint density at radius 2 is 2.09 bits per heavy atom. The molecule has 1 aliphatic heterocycles. The summed E-state index contributed by atoms with van der Waals surface area (Å²) in [5.41, 5.74) is -2.56. The first kappa shape index (κ1) is 16.4. The van der Waals surface area contributed by atoms with Crippen molar-refractivity contribution < 1.29 is 27.1 Å². The normalized spacial score (nSPS) is 21.6. The Balaban J connectivity index is 2.28. The fourth-order valence-corrected chi connectivity index (χ4v) is 3.51. The molecule has 0 spiro atoms. The summed E-state index contributed by atoms with van der Waals surface area (Å²) >= 11 is 0. The van der Waals surface area contributed by atoms with Gasteiger partial charge in [-0.1, -0.05) is 0 Å². The highest BCUT2D eigenvalue weighted by molar-refractivity contribution is 7.85. The molecule has 0 bridgehead atoms. The number of benzene rings is 1. The molecule has 6 nitrogen and oxygen atoms in total.